The standard InChI is InChI=1S/C44H36N2/c1-4-30-15-16-35-24-36-19-17-33(26-41(36)40(35)23-30)34-18-20-37-25-38-21-22-39(28-43(38)42(37)27-34)46(29(2)31-11-7-5-8-12-31)44(45-3)32-13-9-6-10-14-32/h5-23,26-28H,2,4,24-25H2,1,3H3. The molecule has 0 bridgehead atoms. The largest absolute Gasteiger partial charge is 0.295 e. The van der Waals surface area contributed by atoms with Crippen LogP contribution in [0, 0.1) is 0 Å². The van der Waals surface area contributed by atoms with Crippen molar-refractivity contribution in [2.45, 2.75) is 26.2 Å². The molecular weight excluding hydrogens is 556 g/mol. The Hall–Kier alpha value is -5.47. The first-order valence-corrected chi connectivity index (χ1v) is 16.2. The van der Waals surface area contributed by atoms with Crippen LogP contribution in [0.2, 0.25) is 0 Å². The average molecular weight is 593 g/mol. The molecule has 0 aromatic heterocycles. The number of hydrogen-bond donors (Lipinski definition) is 0. The Bertz CT molecular complexity index is 2150. The van der Waals surface area contributed by atoms with Crippen molar-refractivity contribution in [3.8, 4) is 33.4 Å². The zero-order valence-corrected chi connectivity index (χ0v) is 26.4. The van der Waals surface area contributed by atoms with E-state index in [4.69, 9.17) is 4.99 Å². The molecule has 2 heteroatoms. The lowest BCUT2D eigenvalue weighted by molar-refractivity contribution is 1.13. The number of aryl methyl sites for hydroxylation is 1. The molecule has 0 unspecified atom stereocenters. The second kappa shape index (κ2) is 11.5. The molecule has 0 N–H and O–H groups in total. The fourth-order valence-electron chi connectivity index (χ4n) is 7.20. The Morgan fingerprint density at radius 3 is 1.65 bits per heavy atom. The Morgan fingerprint density at radius 2 is 1.09 bits per heavy atom. The van der Waals surface area contributed by atoms with Crippen molar-refractivity contribution in [3.05, 3.63) is 179 Å². The van der Waals surface area contributed by atoms with Crippen molar-refractivity contribution >= 4 is 17.2 Å². The fourth-order valence-corrected chi connectivity index (χ4v) is 7.20. The molecule has 222 valence electrons. The monoisotopic (exact) mass is 592 g/mol. The Labute approximate surface area is 272 Å². The molecule has 0 saturated carbocycles. The van der Waals surface area contributed by atoms with E-state index in [2.05, 4.69) is 140 Å². The topological polar surface area (TPSA) is 15.6 Å². The van der Waals surface area contributed by atoms with Gasteiger partial charge in [0.15, 0.2) is 0 Å². The van der Waals surface area contributed by atoms with Crippen LogP contribution in [0.4, 0.5) is 5.69 Å². The van der Waals surface area contributed by atoms with Gasteiger partial charge in [0, 0.05) is 24.0 Å². The average Bonchev–Trinajstić information content (AvgIpc) is 3.67. The Kier molecular flexibility index (Phi) is 6.99. The van der Waals surface area contributed by atoms with Crippen LogP contribution in [-0.4, -0.2) is 12.9 Å². The van der Waals surface area contributed by atoms with Crippen molar-refractivity contribution < 1.29 is 0 Å². The summed E-state index contributed by atoms with van der Waals surface area (Å²) >= 11 is 0. The van der Waals surface area contributed by atoms with Crippen LogP contribution in [0.25, 0.3) is 39.1 Å². The molecule has 0 amide bonds. The maximum absolute atomic E-state index is 4.81. The third-order valence-corrected chi connectivity index (χ3v) is 9.66. The van der Waals surface area contributed by atoms with Crippen molar-refractivity contribution in [1.29, 1.82) is 0 Å². The van der Waals surface area contributed by atoms with E-state index in [0.29, 0.717) is 0 Å². The molecule has 0 aliphatic heterocycles. The fraction of sp³-hybridized carbons (Fsp3) is 0.114. The highest BCUT2D eigenvalue weighted by Gasteiger charge is 2.25. The summed E-state index contributed by atoms with van der Waals surface area (Å²) < 4.78 is 0. The molecule has 8 rings (SSSR count). The number of rotatable bonds is 6. The van der Waals surface area contributed by atoms with Gasteiger partial charge in [-0.3, -0.25) is 9.89 Å². The summed E-state index contributed by atoms with van der Waals surface area (Å²) in [6.07, 6.45) is 3.02. The van der Waals surface area contributed by atoms with Crippen molar-refractivity contribution in [3.63, 3.8) is 0 Å². The molecule has 0 spiro atoms. The SMILES string of the molecule is C=C(c1ccccc1)N(C(=NC)c1ccccc1)c1ccc2c(c1)-c1cc(-c3ccc4c(c3)-c3cc(CC)ccc3C4)ccc1C2. The summed E-state index contributed by atoms with van der Waals surface area (Å²) in [5, 5.41) is 0. The molecular formula is C44H36N2. The highest BCUT2D eigenvalue weighted by Crippen LogP contribution is 2.44. The Morgan fingerprint density at radius 1 is 0.587 bits per heavy atom. The summed E-state index contributed by atoms with van der Waals surface area (Å²) in [7, 11) is 1.86. The van der Waals surface area contributed by atoms with E-state index in [9.17, 15) is 0 Å². The van der Waals surface area contributed by atoms with Crippen LogP contribution in [0.5, 0.6) is 0 Å². The lowest BCUT2D eigenvalue weighted by atomic mass is 9.95. The minimum Gasteiger partial charge on any atom is -0.295 e. The predicted octanol–water partition coefficient (Wildman–Crippen LogP) is 10.6. The summed E-state index contributed by atoms with van der Waals surface area (Å²) in [6.45, 7) is 6.82. The van der Waals surface area contributed by atoms with Crippen LogP contribution in [0.3, 0.4) is 0 Å². The van der Waals surface area contributed by atoms with Gasteiger partial charge in [-0.2, -0.15) is 0 Å². The van der Waals surface area contributed by atoms with Gasteiger partial charge in [0.2, 0.25) is 0 Å². The third kappa shape index (κ3) is 4.78. The maximum Gasteiger partial charge on any atom is 0.139 e. The van der Waals surface area contributed by atoms with E-state index in [-0.39, 0.29) is 0 Å². The molecule has 2 aliphatic carbocycles. The van der Waals surface area contributed by atoms with Gasteiger partial charge in [-0.15, -0.1) is 0 Å². The number of anilines is 1. The number of fused-ring (bicyclic) bond motifs is 6. The first-order valence-electron chi connectivity index (χ1n) is 16.2. The van der Waals surface area contributed by atoms with Gasteiger partial charge >= 0.3 is 0 Å². The highest BCUT2D eigenvalue weighted by atomic mass is 15.2. The van der Waals surface area contributed by atoms with Crippen LogP contribution >= 0.6 is 0 Å². The minimum atomic E-state index is 0.867. The van der Waals surface area contributed by atoms with Gasteiger partial charge in [0.05, 0.1) is 0 Å². The molecule has 0 heterocycles. The van der Waals surface area contributed by atoms with E-state index in [1.165, 1.54) is 61.2 Å². The van der Waals surface area contributed by atoms with Crippen molar-refractivity contribution in [2.75, 3.05) is 11.9 Å². The van der Waals surface area contributed by atoms with Gasteiger partial charge in [-0.25, -0.2) is 0 Å². The van der Waals surface area contributed by atoms with Gasteiger partial charge in [-0.05, 0) is 110 Å². The van der Waals surface area contributed by atoms with Crippen molar-refractivity contribution in [1.82, 2.24) is 0 Å². The normalized spacial score (nSPS) is 12.7. The molecule has 6 aromatic rings. The number of hydrogen-bond acceptors (Lipinski definition) is 1. The second-order valence-corrected chi connectivity index (χ2v) is 12.3. The van der Waals surface area contributed by atoms with Crippen LogP contribution < -0.4 is 4.90 Å². The number of nitrogens with zero attached hydrogens (tertiary/aromatic N) is 2. The Balaban J connectivity index is 1.21. The molecule has 0 atom stereocenters. The van der Waals surface area contributed by atoms with E-state index in [0.717, 1.165) is 47.6 Å². The smallest absolute Gasteiger partial charge is 0.139 e. The van der Waals surface area contributed by atoms with Gasteiger partial charge in [-0.1, -0.05) is 123 Å². The van der Waals surface area contributed by atoms with E-state index in [1.807, 2.05) is 19.2 Å². The van der Waals surface area contributed by atoms with Gasteiger partial charge in [0.1, 0.15) is 5.84 Å². The number of aliphatic imine (C=N–C) groups is 1. The zero-order chi connectivity index (χ0) is 31.2. The molecule has 0 radical (unpaired) electrons. The second-order valence-electron chi connectivity index (χ2n) is 12.3. The summed E-state index contributed by atoms with van der Waals surface area (Å²) in [4.78, 5) is 7.01. The summed E-state index contributed by atoms with van der Waals surface area (Å²) in [5.74, 6) is 0.867. The molecule has 0 fully saturated rings. The number of amidine groups is 1. The van der Waals surface area contributed by atoms with E-state index < -0.39 is 0 Å². The summed E-state index contributed by atoms with van der Waals surface area (Å²) in [6, 6.07) is 48.7. The first-order chi connectivity index (χ1) is 22.6. The van der Waals surface area contributed by atoms with Gasteiger partial charge < -0.3 is 0 Å². The molecule has 2 nitrogen and oxygen atoms in total. The van der Waals surface area contributed by atoms with Crippen LogP contribution in [0.15, 0.2) is 145 Å². The number of benzene rings is 6. The minimum absolute atomic E-state index is 0.867. The molecule has 6 aromatic carbocycles. The third-order valence-electron chi connectivity index (χ3n) is 9.66. The lowest BCUT2D eigenvalue weighted by Crippen LogP contribution is -2.30. The van der Waals surface area contributed by atoms with E-state index >= 15 is 0 Å². The van der Waals surface area contributed by atoms with Crippen LogP contribution in [-0.2, 0) is 19.3 Å². The molecule has 2 aliphatic rings. The molecule has 0 saturated heterocycles. The zero-order valence-electron chi connectivity index (χ0n) is 26.4. The quantitative estimate of drug-likeness (QED) is 0.139. The van der Waals surface area contributed by atoms with Crippen molar-refractivity contribution in [2.24, 2.45) is 4.99 Å². The first kappa shape index (κ1) is 28.0. The van der Waals surface area contributed by atoms with Gasteiger partial charge in [0.25, 0.3) is 0 Å². The van der Waals surface area contributed by atoms with Crippen LogP contribution in [0.1, 0.15) is 45.9 Å². The molecule has 46 heavy (non-hydrogen) atoms. The maximum atomic E-state index is 4.81. The van der Waals surface area contributed by atoms with E-state index in [1.54, 1.807) is 0 Å². The predicted molar refractivity (Wildman–Crippen MR) is 195 cm³/mol. The lowest BCUT2D eigenvalue weighted by Gasteiger charge is -2.29. The highest BCUT2D eigenvalue weighted by molar-refractivity contribution is 6.17. The summed E-state index contributed by atoms with van der Waals surface area (Å²) in [5.41, 5.74) is 18.9.